The zero-order valence-electron chi connectivity index (χ0n) is 10.5. The van der Waals surface area contributed by atoms with Crippen molar-refractivity contribution >= 4 is 11.9 Å². The number of carboxylic acid groups (broad SMARTS) is 1. The van der Waals surface area contributed by atoms with Gasteiger partial charge in [-0.1, -0.05) is 0 Å². The summed E-state index contributed by atoms with van der Waals surface area (Å²) in [7, 11) is 0. The minimum absolute atomic E-state index is 0.289. The molecule has 2 rings (SSSR count). The molecular weight excluding hydrogens is 234 g/mol. The van der Waals surface area contributed by atoms with Crippen LogP contribution in [0, 0.1) is 0 Å². The van der Waals surface area contributed by atoms with Crippen LogP contribution in [0.4, 0.5) is 10.6 Å². The van der Waals surface area contributed by atoms with E-state index in [1.54, 1.807) is 0 Å². The first-order valence-electron chi connectivity index (χ1n) is 5.93. The molecule has 1 aromatic heterocycles. The molecule has 1 aliphatic heterocycles. The number of rotatable bonds is 2. The Labute approximate surface area is 106 Å². The highest BCUT2D eigenvalue weighted by atomic mass is 16.5. The van der Waals surface area contributed by atoms with Crippen molar-refractivity contribution in [1.82, 2.24) is 9.88 Å². The molecule has 0 aliphatic carbocycles. The van der Waals surface area contributed by atoms with Gasteiger partial charge in [0.2, 0.25) is 5.88 Å². The highest BCUT2D eigenvalue weighted by Gasteiger charge is 2.20. The molecule has 2 N–H and O–H groups in total. The van der Waals surface area contributed by atoms with Crippen LogP contribution in [0.2, 0.25) is 0 Å². The third-order valence-corrected chi connectivity index (χ3v) is 2.61. The summed E-state index contributed by atoms with van der Waals surface area (Å²) in [6, 6.07) is 3.99. The number of amides is 1. The van der Waals surface area contributed by atoms with E-state index in [4.69, 9.17) is 9.84 Å². The van der Waals surface area contributed by atoms with Crippen LogP contribution in [0.3, 0.4) is 0 Å². The first-order valence-corrected chi connectivity index (χ1v) is 5.93. The van der Waals surface area contributed by atoms with Crippen LogP contribution in [-0.2, 0) is 6.54 Å². The molecule has 1 aromatic rings. The van der Waals surface area contributed by atoms with Crippen molar-refractivity contribution in [2.24, 2.45) is 0 Å². The number of pyridine rings is 1. The summed E-state index contributed by atoms with van der Waals surface area (Å²) >= 11 is 0. The molecule has 0 saturated heterocycles. The van der Waals surface area contributed by atoms with E-state index in [1.165, 1.54) is 4.90 Å². The predicted octanol–water partition coefficient (Wildman–Crippen LogP) is 1.77. The van der Waals surface area contributed by atoms with Crippen LogP contribution in [0.1, 0.15) is 19.4 Å². The fraction of sp³-hybridized carbons (Fsp3) is 0.500. The van der Waals surface area contributed by atoms with E-state index in [1.807, 2.05) is 26.0 Å². The molecule has 6 nitrogen and oxygen atoms in total. The van der Waals surface area contributed by atoms with Crippen molar-refractivity contribution in [2.45, 2.75) is 26.4 Å². The molecule has 1 aliphatic rings. The molecular formula is C12H17N3O3. The quantitative estimate of drug-likeness (QED) is 0.838. The lowest BCUT2D eigenvalue weighted by Crippen LogP contribution is -2.30. The van der Waals surface area contributed by atoms with E-state index < -0.39 is 6.09 Å². The number of ether oxygens (including phenoxy) is 1. The first kappa shape index (κ1) is 12.5. The molecule has 2 heterocycles. The van der Waals surface area contributed by atoms with E-state index in [0.29, 0.717) is 25.6 Å². The van der Waals surface area contributed by atoms with Gasteiger partial charge >= 0.3 is 6.09 Å². The summed E-state index contributed by atoms with van der Waals surface area (Å²) in [4.78, 5) is 16.6. The zero-order valence-corrected chi connectivity index (χ0v) is 10.5. The average Bonchev–Trinajstić information content (AvgIpc) is 2.49. The van der Waals surface area contributed by atoms with Crippen molar-refractivity contribution in [3.05, 3.63) is 17.7 Å². The fourth-order valence-corrected chi connectivity index (χ4v) is 1.79. The van der Waals surface area contributed by atoms with Gasteiger partial charge in [-0.05, 0) is 26.0 Å². The van der Waals surface area contributed by atoms with Crippen molar-refractivity contribution in [3.8, 4) is 5.88 Å². The molecule has 0 aromatic carbocycles. The number of carbonyl (C=O) groups is 1. The molecule has 0 fully saturated rings. The highest BCUT2D eigenvalue weighted by molar-refractivity contribution is 5.65. The van der Waals surface area contributed by atoms with Gasteiger partial charge in [0.25, 0.3) is 0 Å². The lowest BCUT2D eigenvalue weighted by molar-refractivity contribution is 0.137. The van der Waals surface area contributed by atoms with Gasteiger partial charge in [-0.3, -0.25) is 0 Å². The van der Waals surface area contributed by atoms with Gasteiger partial charge in [-0.15, -0.1) is 0 Å². The van der Waals surface area contributed by atoms with Crippen molar-refractivity contribution in [1.29, 1.82) is 0 Å². The zero-order chi connectivity index (χ0) is 13.1. The summed E-state index contributed by atoms with van der Waals surface area (Å²) in [5, 5.41) is 12.2. The van der Waals surface area contributed by atoms with Gasteiger partial charge in [-0.25, -0.2) is 4.79 Å². The topological polar surface area (TPSA) is 74.7 Å². The van der Waals surface area contributed by atoms with E-state index in [-0.39, 0.29) is 6.04 Å². The number of nitrogens with one attached hydrogen (secondary N) is 1. The van der Waals surface area contributed by atoms with Crippen LogP contribution in [0.5, 0.6) is 5.88 Å². The second kappa shape index (κ2) is 5.12. The van der Waals surface area contributed by atoms with Crippen molar-refractivity contribution < 1.29 is 14.6 Å². The summed E-state index contributed by atoms with van der Waals surface area (Å²) in [5.74, 6) is 1.26. The number of fused-ring (bicyclic) bond motifs is 1. The maximum atomic E-state index is 11.0. The lowest BCUT2D eigenvalue weighted by Gasteiger charge is -2.15. The van der Waals surface area contributed by atoms with Crippen LogP contribution in [0.25, 0.3) is 0 Å². The molecule has 1 amide bonds. The third-order valence-electron chi connectivity index (χ3n) is 2.61. The van der Waals surface area contributed by atoms with Gasteiger partial charge in [0.1, 0.15) is 12.4 Å². The standard InChI is InChI=1S/C12H17N3O3/c1-8(2)13-10-4-3-9-7-15(12(16)17)5-6-18-11(9)14-10/h3-4,8H,5-7H2,1-2H3,(H,13,14)(H,16,17). The summed E-state index contributed by atoms with van der Waals surface area (Å²) < 4.78 is 5.49. The molecule has 0 radical (unpaired) electrons. The highest BCUT2D eigenvalue weighted by Crippen LogP contribution is 2.23. The normalized spacial score (nSPS) is 14.7. The predicted molar refractivity (Wildman–Crippen MR) is 66.9 cm³/mol. The average molecular weight is 251 g/mol. The van der Waals surface area contributed by atoms with E-state index in [2.05, 4.69) is 10.3 Å². The largest absolute Gasteiger partial charge is 0.475 e. The Morgan fingerprint density at radius 2 is 2.33 bits per heavy atom. The molecule has 0 bridgehead atoms. The summed E-state index contributed by atoms with van der Waals surface area (Å²) in [5.41, 5.74) is 0.796. The van der Waals surface area contributed by atoms with Gasteiger partial charge < -0.3 is 20.1 Å². The second-order valence-electron chi connectivity index (χ2n) is 4.51. The van der Waals surface area contributed by atoms with Crippen LogP contribution >= 0.6 is 0 Å². The van der Waals surface area contributed by atoms with E-state index in [9.17, 15) is 4.79 Å². The maximum Gasteiger partial charge on any atom is 0.407 e. The lowest BCUT2D eigenvalue weighted by atomic mass is 10.2. The Bertz CT molecular complexity index is 448. The fourth-order valence-electron chi connectivity index (χ4n) is 1.79. The number of nitrogens with zero attached hydrogens (tertiary/aromatic N) is 2. The number of hydrogen-bond acceptors (Lipinski definition) is 4. The number of anilines is 1. The van der Waals surface area contributed by atoms with E-state index >= 15 is 0 Å². The summed E-state index contributed by atoms with van der Waals surface area (Å²) in [6.07, 6.45) is -0.934. The Morgan fingerprint density at radius 3 is 3.00 bits per heavy atom. The van der Waals surface area contributed by atoms with Gasteiger partial charge in [0.05, 0.1) is 13.1 Å². The molecule has 0 saturated carbocycles. The van der Waals surface area contributed by atoms with Crippen LogP contribution in [0.15, 0.2) is 12.1 Å². The molecule has 98 valence electrons. The SMILES string of the molecule is CC(C)Nc1ccc2c(n1)OCCN(C(=O)O)C2. The van der Waals surface area contributed by atoms with Crippen molar-refractivity contribution in [2.75, 3.05) is 18.5 Å². The third kappa shape index (κ3) is 2.82. The minimum Gasteiger partial charge on any atom is -0.475 e. The molecule has 6 heteroatoms. The number of aromatic nitrogens is 1. The minimum atomic E-state index is -0.934. The molecule has 0 atom stereocenters. The molecule has 0 unspecified atom stereocenters. The molecule has 0 spiro atoms. The Hall–Kier alpha value is -1.98. The van der Waals surface area contributed by atoms with Gasteiger partial charge in [-0.2, -0.15) is 4.98 Å². The Balaban J connectivity index is 2.21. The first-order chi connectivity index (χ1) is 8.56. The van der Waals surface area contributed by atoms with Crippen LogP contribution < -0.4 is 10.1 Å². The Morgan fingerprint density at radius 1 is 1.56 bits per heavy atom. The van der Waals surface area contributed by atoms with Crippen molar-refractivity contribution in [3.63, 3.8) is 0 Å². The monoisotopic (exact) mass is 251 g/mol. The number of hydrogen-bond donors (Lipinski definition) is 2. The second-order valence-corrected chi connectivity index (χ2v) is 4.51. The van der Waals surface area contributed by atoms with E-state index in [0.717, 1.165) is 11.4 Å². The van der Waals surface area contributed by atoms with Crippen LogP contribution in [-0.4, -0.2) is 40.3 Å². The summed E-state index contributed by atoms with van der Waals surface area (Å²) in [6.45, 7) is 5.07. The Kier molecular flexibility index (Phi) is 3.55. The smallest absolute Gasteiger partial charge is 0.407 e. The maximum absolute atomic E-state index is 11.0. The van der Waals surface area contributed by atoms with Gasteiger partial charge in [0, 0.05) is 11.6 Å². The molecule has 18 heavy (non-hydrogen) atoms. The van der Waals surface area contributed by atoms with Gasteiger partial charge in [0.15, 0.2) is 0 Å².